The molecule has 0 unspecified atom stereocenters. The Morgan fingerprint density at radius 2 is 0.941 bits per heavy atom. The molecule has 0 N–H and O–H groups in total. The largest absolute Gasteiger partial charge is 0.456 e. The zero-order valence-corrected chi connectivity index (χ0v) is 28.5. The van der Waals surface area contributed by atoms with E-state index in [9.17, 15) is 0 Å². The summed E-state index contributed by atoms with van der Waals surface area (Å²) >= 11 is 1.86. The molecule has 2 heterocycles. The number of thiophene rings is 1. The molecule has 0 fully saturated rings. The molecule has 2 aromatic heterocycles. The summed E-state index contributed by atoms with van der Waals surface area (Å²) in [5, 5.41) is 4.79. The SMILES string of the molecule is c1ccc(-c2ccc(N(c3ccc4c(c3)oc3cc(-c5ccccc5)ccc34)c3ccc(-c4ccccc4)c4c3sc3ccccc34)cc2)cc1. The molecule has 10 rings (SSSR count). The van der Waals surface area contributed by atoms with Crippen molar-refractivity contribution >= 4 is 70.5 Å². The van der Waals surface area contributed by atoms with E-state index in [0.29, 0.717) is 0 Å². The molecule has 10 aromatic rings. The van der Waals surface area contributed by atoms with Crippen LogP contribution in [0.25, 0.3) is 75.5 Å². The maximum Gasteiger partial charge on any atom is 0.137 e. The Labute approximate surface area is 300 Å². The molecule has 0 aliphatic carbocycles. The smallest absolute Gasteiger partial charge is 0.137 e. The number of furan rings is 1. The number of hydrogen-bond acceptors (Lipinski definition) is 3. The highest BCUT2D eigenvalue weighted by Crippen LogP contribution is 2.49. The van der Waals surface area contributed by atoms with E-state index in [-0.39, 0.29) is 0 Å². The first-order valence-electron chi connectivity index (χ1n) is 17.3. The molecule has 0 saturated heterocycles. The van der Waals surface area contributed by atoms with Crippen LogP contribution in [0.1, 0.15) is 0 Å². The van der Waals surface area contributed by atoms with Gasteiger partial charge in [-0.1, -0.05) is 133 Å². The van der Waals surface area contributed by atoms with E-state index in [1.54, 1.807) is 0 Å². The molecule has 0 bridgehead atoms. The molecule has 0 aliphatic heterocycles. The predicted molar refractivity (Wildman–Crippen MR) is 218 cm³/mol. The van der Waals surface area contributed by atoms with Gasteiger partial charge in [0.05, 0.1) is 10.4 Å². The molecule has 8 aromatic carbocycles. The molecule has 3 heteroatoms. The van der Waals surface area contributed by atoms with Crippen LogP contribution in [0.15, 0.2) is 192 Å². The normalized spacial score (nSPS) is 11.5. The molecular weight excluding hydrogens is 639 g/mol. The van der Waals surface area contributed by atoms with Crippen LogP contribution < -0.4 is 4.90 Å². The number of fused-ring (bicyclic) bond motifs is 6. The Hall–Kier alpha value is -6.42. The molecule has 0 saturated carbocycles. The fraction of sp³-hybridized carbons (Fsp3) is 0. The van der Waals surface area contributed by atoms with Gasteiger partial charge in [-0.2, -0.15) is 0 Å². The van der Waals surface area contributed by atoms with Crippen LogP contribution in [0, 0.1) is 0 Å². The zero-order valence-electron chi connectivity index (χ0n) is 27.7. The molecule has 0 aliphatic rings. The Morgan fingerprint density at radius 1 is 0.392 bits per heavy atom. The van der Waals surface area contributed by atoms with Gasteiger partial charge in [-0.3, -0.25) is 0 Å². The molecule has 240 valence electrons. The molecule has 0 spiro atoms. The van der Waals surface area contributed by atoms with Crippen molar-refractivity contribution in [2.75, 3.05) is 4.90 Å². The second-order valence-corrected chi connectivity index (χ2v) is 14.0. The van der Waals surface area contributed by atoms with Crippen molar-refractivity contribution in [1.82, 2.24) is 0 Å². The first kappa shape index (κ1) is 29.5. The topological polar surface area (TPSA) is 16.4 Å². The minimum atomic E-state index is 0.868. The van der Waals surface area contributed by atoms with Gasteiger partial charge in [0.2, 0.25) is 0 Å². The fourth-order valence-electron chi connectivity index (χ4n) is 7.42. The van der Waals surface area contributed by atoms with E-state index in [1.807, 2.05) is 17.4 Å². The standard InChI is InChI=1S/C48H31NOS/c1-4-12-32(13-5-1)34-20-23-37(24-21-34)49(38-25-27-41-40-26-22-36(33-14-6-2-7-15-33)30-44(40)50-45(41)31-38)43-29-28-39(35-16-8-3-9-17-35)47-42-18-10-11-19-46(42)51-48(43)47/h1-31H. The van der Waals surface area contributed by atoms with Crippen molar-refractivity contribution in [2.24, 2.45) is 0 Å². The maximum atomic E-state index is 6.64. The highest BCUT2D eigenvalue weighted by atomic mass is 32.1. The summed E-state index contributed by atoms with van der Waals surface area (Å²) in [5.74, 6) is 0. The van der Waals surface area contributed by atoms with E-state index >= 15 is 0 Å². The monoisotopic (exact) mass is 669 g/mol. The van der Waals surface area contributed by atoms with Crippen molar-refractivity contribution in [2.45, 2.75) is 0 Å². The lowest BCUT2D eigenvalue weighted by Crippen LogP contribution is -2.10. The first-order chi connectivity index (χ1) is 25.3. The summed E-state index contributed by atoms with van der Waals surface area (Å²) in [6.07, 6.45) is 0. The predicted octanol–water partition coefficient (Wildman–Crippen LogP) is 14.4. The van der Waals surface area contributed by atoms with Gasteiger partial charge in [-0.25, -0.2) is 0 Å². The third-order valence-corrected chi connectivity index (χ3v) is 11.1. The van der Waals surface area contributed by atoms with Crippen molar-refractivity contribution in [1.29, 1.82) is 0 Å². The number of nitrogens with zero attached hydrogens (tertiary/aromatic N) is 1. The van der Waals surface area contributed by atoms with Crippen molar-refractivity contribution in [3.63, 3.8) is 0 Å². The van der Waals surface area contributed by atoms with Gasteiger partial charge in [0, 0.05) is 43.7 Å². The minimum absolute atomic E-state index is 0.868. The van der Waals surface area contributed by atoms with E-state index in [2.05, 4.69) is 187 Å². The molecule has 2 nitrogen and oxygen atoms in total. The molecule has 0 atom stereocenters. The highest BCUT2D eigenvalue weighted by Gasteiger charge is 2.22. The van der Waals surface area contributed by atoms with E-state index < -0.39 is 0 Å². The van der Waals surface area contributed by atoms with Crippen LogP contribution in [0.5, 0.6) is 0 Å². The van der Waals surface area contributed by atoms with Crippen LogP contribution >= 0.6 is 11.3 Å². The Kier molecular flexibility index (Phi) is 7.04. The van der Waals surface area contributed by atoms with Crippen molar-refractivity contribution < 1.29 is 4.42 Å². The van der Waals surface area contributed by atoms with Crippen LogP contribution in [-0.2, 0) is 0 Å². The van der Waals surface area contributed by atoms with Crippen LogP contribution in [-0.4, -0.2) is 0 Å². The second kappa shape index (κ2) is 12.2. The van der Waals surface area contributed by atoms with E-state index in [4.69, 9.17) is 4.42 Å². The lowest BCUT2D eigenvalue weighted by Gasteiger charge is -2.27. The maximum absolute atomic E-state index is 6.64. The molecule has 0 radical (unpaired) electrons. The first-order valence-corrected chi connectivity index (χ1v) is 18.1. The van der Waals surface area contributed by atoms with Gasteiger partial charge in [0.25, 0.3) is 0 Å². The quantitative estimate of drug-likeness (QED) is 0.175. The van der Waals surface area contributed by atoms with Gasteiger partial charge in [-0.05, 0) is 81.9 Å². The summed E-state index contributed by atoms with van der Waals surface area (Å²) in [5.41, 5.74) is 12.2. The second-order valence-electron chi connectivity index (χ2n) is 12.9. The summed E-state index contributed by atoms with van der Waals surface area (Å²) in [6, 6.07) is 67.3. The highest BCUT2D eigenvalue weighted by molar-refractivity contribution is 7.26. The third-order valence-electron chi connectivity index (χ3n) is 9.89. The van der Waals surface area contributed by atoms with Crippen molar-refractivity contribution in [3.05, 3.63) is 188 Å². The van der Waals surface area contributed by atoms with Gasteiger partial charge in [-0.15, -0.1) is 11.3 Å². The zero-order chi connectivity index (χ0) is 33.7. The lowest BCUT2D eigenvalue weighted by molar-refractivity contribution is 0.669. The lowest BCUT2D eigenvalue weighted by atomic mass is 9.98. The molecule has 51 heavy (non-hydrogen) atoms. The van der Waals surface area contributed by atoms with E-state index in [1.165, 1.54) is 48.0 Å². The Bertz CT molecular complexity index is 2840. The number of benzene rings is 8. The molecule has 0 amide bonds. The third kappa shape index (κ3) is 5.10. The average molecular weight is 670 g/mol. The van der Waals surface area contributed by atoms with Crippen LogP contribution in [0.3, 0.4) is 0 Å². The van der Waals surface area contributed by atoms with Gasteiger partial charge < -0.3 is 9.32 Å². The van der Waals surface area contributed by atoms with Gasteiger partial charge in [0.1, 0.15) is 11.2 Å². The van der Waals surface area contributed by atoms with E-state index in [0.717, 1.165) is 44.6 Å². The number of hydrogen-bond donors (Lipinski definition) is 0. The van der Waals surface area contributed by atoms with Crippen LogP contribution in [0.4, 0.5) is 17.1 Å². The Balaban J connectivity index is 1.19. The summed E-state index contributed by atoms with van der Waals surface area (Å²) in [6.45, 7) is 0. The average Bonchev–Trinajstić information content (AvgIpc) is 3.78. The fourth-order valence-corrected chi connectivity index (χ4v) is 8.66. The minimum Gasteiger partial charge on any atom is -0.456 e. The van der Waals surface area contributed by atoms with Gasteiger partial charge in [0.15, 0.2) is 0 Å². The summed E-state index contributed by atoms with van der Waals surface area (Å²) in [4.78, 5) is 2.39. The Morgan fingerprint density at radius 3 is 1.67 bits per heavy atom. The van der Waals surface area contributed by atoms with Gasteiger partial charge >= 0.3 is 0 Å². The summed E-state index contributed by atoms with van der Waals surface area (Å²) in [7, 11) is 0. The summed E-state index contributed by atoms with van der Waals surface area (Å²) < 4.78 is 9.17. The van der Waals surface area contributed by atoms with Crippen molar-refractivity contribution in [3.8, 4) is 33.4 Å². The van der Waals surface area contributed by atoms with Crippen LogP contribution in [0.2, 0.25) is 0 Å². The number of anilines is 3. The number of rotatable bonds is 6. The molecular formula is C48H31NOS.